The van der Waals surface area contributed by atoms with Crippen LogP contribution >= 0.6 is 0 Å². The number of benzene rings is 1. The molecule has 0 spiro atoms. The Bertz CT molecular complexity index is 333. The van der Waals surface area contributed by atoms with E-state index in [9.17, 15) is 0 Å². The van der Waals surface area contributed by atoms with Gasteiger partial charge >= 0.3 is 0 Å². The average Bonchev–Trinajstić information content (AvgIpc) is 2.36. The number of fused-ring (bicyclic) bond motifs is 1. The maximum absolute atomic E-state index is 3.98. The maximum Gasteiger partial charge on any atom is 0.104 e. The van der Waals surface area contributed by atoms with E-state index in [0.29, 0.717) is 0 Å². The molecule has 2 rings (SSSR count). The molecule has 0 bridgehead atoms. The summed E-state index contributed by atoms with van der Waals surface area (Å²) in [4.78, 5) is 7.93. The lowest BCUT2D eigenvalue weighted by Crippen LogP contribution is -1.69. The minimum Gasteiger partial charge on any atom is -0.185 e. The summed E-state index contributed by atoms with van der Waals surface area (Å²) in [6.07, 6.45) is 0. The standard InChI is InChI=1S/C8H6N2/c1-6-3-2-4-7-8(6)10-5-9-7/h2-4H,1H3. The lowest BCUT2D eigenvalue weighted by Gasteiger charge is -1.95. The van der Waals surface area contributed by atoms with Crippen LogP contribution in [0.1, 0.15) is 5.56 Å². The second kappa shape index (κ2) is 1.79. The zero-order valence-electron chi connectivity index (χ0n) is 5.63. The van der Waals surface area contributed by atoms with Crippen molar-refractivity contribution in [1.82, 2.24) is 0 Å². The minimum absolute atomic E-state index is 0.931. The van der Waals surface area contributed by atoms with Crippen LogP contribution in [0, 0.1) is 6.92 Å². The van der Waals surface area contributed by atoms with Gasteiger partial charge in [-0.3, -0.25) is 0 Å². The average molecular weight is 130 g/mol. The first-order valence-corrected chi connectivity index (χ1v) is 3.14. The van der Waals surface area contributed by atoms with Gasteiger partial charge in [0.2, 0.25) is 0 Å². The van der Waals surface area contributed by atoms with Crippen molar-refractivity contribution < 1.29 is 0 Å². The molecule has 0 amide bonds. The molecule has 10 heavy (non-hydrogen) atoms. The van der Waals surface area contributed by atoms with Crippen LogP contribution in [0.5, 0.6) is 0 Å². The molecule has 0 N–H and O–H groups in total. The Labute approximate surface area is 58.9 Å². The molecule has 2 nitrogen and oxygen atoms in total. The summed E-state index contributed by atoms with van der Waals surface area (Å²) in [5.74, 6) is 0. The van der Waals surface area contributed by atoms with Crippen molar-refractivity contribution in [3.8, 4) is 0 Å². The monoisotopic (exact) mass is 130 g/mol. The van der Waals surface area contributed by atoms with Crippen LogP contribution in [0.2, 0.25) is 0 Å². The number of nitrogens with zero attached hydrogens (tertiary/aromatic N) is 2. The molecule has 0 saturated carbocycles. The van der Waals surface area contributed by atoms with Gasteiger partial charge in [-0.15, -0.1) is 0 Å². The molecule has 0 radical (unpaired) electrons. The smallest absolute Gasteiger partial charge is 0.104 e. The zero-order chi connectivity index (χ0) is 6.97. The van der Waals surface area contributed by atoms with Gasteiger partial charge in [0.05, 0.1) is 0 Å². The van der Waals surface area contributed by atoms with E-state index in [1.807, 2.05) is 25.1 Å². The summed E-state index contributed by atoms with van der Waals surface area (Å²) in [6.45, 7) is 2.02. The van der Waals surface area contributed by atoms with Gasteiger partial charge in [-0.2, -0.15) is 9.98 Å². The van der Waals surface area contributed by atoms with Gasteiger partial charge in [0.15, 0.2) is 0 Å². The normalized spacial score (nSPS) is 12.1. The SMILES string of the molecule is Cc1cccc2c1N=C=N2. The molecule has 1 aliphatic rings. The Morgan fingerprint density at radius 2 is 2.20 bits per heavy atom. The zero-order valence-corrected chi connectivity index (χ0v) is 5.63. The molecule has 0 aliphatic carbocycles. The molecular weight excluding hydrogens is 124 g/mol. The van der Waals surface area contributed by atoms with E-state index < -0.39 is 0 Å². The molecule has 0 saturated heterocycles. The van der Waals surface area contributed by atoms with Gasteiger partial charge in [0.1, 0.15) is 17.4 Å². The molecule has 48 valence electrons. The first-order valence-electron chi connectivity index (χ1n) is 3.14. The van der Waals surface area contributed by atoms with E-state index in [1.54, 1.807) is 0 Å². The van der Waals surface area contributed by atoms with Crippen molar-refractivity contribution in [2.75, 3.05) is 0 Å². The highest BCUT2D eigenvalue weighted by Crippen LogP contribution is 2.32. The van der Waals surface area contributed by atoms with Crippen LogP contribution in [-0.4, -0.2) is 6.01 Å². The van der Waals surface area contributed by atoms with Gasteiger partial charge in [0, 0.05) is 0 Å². The van der Waals surface area contributed by atoms with E-state index in [-0.39, 0.29) is 0 Å². The number of hydrogen-bond donors (Lipinski definition) is 0. The predicted molar refractivity (Wildman–Crippen MR) is 40.4 cm³/mol. The Morgan fingerprint density at radius 3 is 3.00 bits per heavy atom. The summed E-state index contributed by atoms with van der Waals surface area (Å²) < 4.78 is 0. The maximum atomic E-state index is 3.98. The molecule has 1 heterocycles. The molecule has 0 aromatic heterocycles. The number of hydrogen-bond acceptors (Lipinski definition) is 2. The number of rotatable bonds is 0. The number of aliphatic imine (C=N–C) groups is 2. The summed E-state index contributed by atoms with van der Waals surface area (Å²) in [7, 11) is 0. The second-order valence-corrected chi connectivity index (χ2v) is 2.27. The third-order valence-electron chi connectivity index (χ3n) is 1.55. The van der Waals surface area contributed by atoms with Crippen molar-refractivity contribution in [2.45, 2.75) is 6.92 Å². The molecule has 0 fully saturated rings. The van der Waals surface area contributed by atoms with Crippen LogP contribution in [0.15, 0.2) is 28.2 Å². The Kier molecular flexibility index (Phi) is 0.965. The Balaban J connectivity index is 2.75. The van der Waals surface area contributed by atoms with Crippen molar-refractivity contribution in [2.24, 2.45) is 9.98 Å². The van der Waals surface area contributed by atoms with Gasteiger partial charge in [-0.05, 0) is 18.6 Å². The van der Waals surface area contributed by atoms with Crippen LogP contribution in [0.25, 0.3) is 0 Å². The van der Waals surface area contributed by atoms with E-state index in [4.69, 9.17) is 0 Å². The third-order valence-corrected chi connectivity index (χ3v) is 1.55. The number of para-hydroxylation sites is 1. The molecule has 0 unspecified atom stereocenters. The topological polar surface area (TPSA) is 24.7 Å². The van der Waals surface area contributed by atoms with Gasteiger partial charge in [0.25, 0.3) is 0 Å². The highest BCUT2D eigenvalue weighted by atomic mass is 14.9. The first kappa shape index (κ1) is 5.39. The third kappa shape index (κ3) is 0.598. The van der Waals surface area contributed by atoms with Gasteiger partial charge in [-0.25, -0.2) is 0 Å². The Morgan fingerprint density at radius 1 is 1.30 bits per heavy atom. The van der Waals surface area contributed by atoms with E-state index in [0.717, 1.165) is 16.9 Å². The summed E-state index contributed by atoms with van der Waals surface area (Å²) in [6, 6.07) is 8.51. The largest absolute Gasteiger partial charge is 0.185 e. The molecule has 1 aromatic carbocycles. The van der Waals surface area contributed by atoms with E-state index in [1.165, 1.54) is 0 Å². The van der Waals surface area contributed by atoms with Crippen molar-refractivity contribution in [3.63, 3.8) is 0 Å². The van der Waals surface area contributed by atoms with Gasteiger partial charge in [-0.1, -0.05) is 12.1 Å². The lowest BCUT2D eigenvalue weighted by molar-refractivity contribution is 1.41. The van der Waals surface area contributed by atoms with Crippen molar-refractivity contribution in [3.05, 3.63) is 23.8 Å². The van der Waals surface area contributed by atoms with Crippen LogP contribution in [-0.2, 0) is 0 Å². The van der Waals surface area contributed by atoms with Crippen LogP contribution < -0.4 is 0 Å². The summed E-state index contributed by atoms with van der Waals surface area (Å²) in [5, 5.41) is 0. The van der Waals surface area contributed by atoms with Crippen LogP contribution in [0.4, 0.5) is 11.4 Å². The fraction of sp³-hybridized carbons (Fsp3) is 0.125. The predicted octanol–water partition coefficient (Wildman–Crippen LogP) is 2.45. The molecule has 1 aliphatic heterocycles. The fourth-order valence-corrected chi connectivity index (χ4v) is 1.01. The highest BCUT2D eigenvalue weighted by molar-refractivity contribution is 5.77. The minimum atomic E-state index is 0.931. The van der Waals surface area contributed by atoms with Crippen molar-refractivity contribution >= 4 is 17.4 Å². The quantitative estimate of drug-likeness (QED) is 0.523. The summed E-state index contributed by atoms with van der Waals surface area (Å²) >= 11 is 0. The van der Waals surface area contributed by atoms with E-state index >= 15 is 0 Å². The molecule has 0 atom stereocenters. The summed E-state index contributed by atoms with van der Waals surface area (Å²) in [5.41, 5.74) is 3.05. The lowest BCUT2D eigenvalue weighted by atomic mass is 10.2. The van der Waals surface area contributed by atoms with Crippen LogP contribution in [0.3, 0.4) is 0 Å². The fourth-order valence-electron chi connectivity index (χ4n) is 1.01. The van der Waals surface area contributed by atoms with E-state index in [2.05, 4.69) is 16.0 Å². The molecule has 1 aromatic rings. The number of aryl methyl sites for hydroxylation is 1. The van der Waals surface area contributed by atoms with Crippen molar-refractivity contribution in [1.29, 1.82) is 0 Å². The Hall–Kier alpha value is -1.40. The second-order valence-electron chi connectivity index (χ2n) is 2.27. The van der Waals surface area contributed by atoms with Gasteiger partial charge < -0.3 is 0 Å². The molecular formula is C8H6N2. The molecule has 2 heteroatoms. The highest BCUT2D eigenvalue weighted by Gasteiger charge is 2.04. The first-order chi connectivity index (χ1) is 4.88.